The van der Waals surface area contributed by atoms with Crippen molar-refractivity contribution in [3.8, 4) is 11.4 Å². The Morgan fingerprint density at radius 2 is 1.57 bits per heavy atom. The average molecular weight is 745 g/mol. The summed E-state index contributed by atoms with van der Waals surface area (Å²) in [6, 6.07) is 15.8. The minimum Gasteiger partial charge on any atom is -0.480 e. The molecule has 2 heterocycles. The smallest absolute Gasteiger partial charge is 0.335 e. The number of hydrogen-bond donors (Lipinski definition) is 3. The van der Waals surface area contributed by atoms with Gasteiger partial charge < -0.3 is 15.3 Å². The minimum atomic E-state index is -4.32. The van der Waals surface area contributed by atoms with Crippen LogP contribution in [0.5, 0.6) is 0 Å². The highest BCUT2D eigenvalue weighted by Gasteiger charge is 2.27. The van der Waals surface area contributed by atoms with Gasteiger partial charge in [-0.3, -0.25) is 18.9 Å². The first kappa shape index (κ1) is 36.1. The average Bonchev–Trinajstić information content (AvgIpc) is 3.66. The number of anilines is 2. The van der Waals surface area contributed by atoms with Crippen molar-refractivity contribution in [1.82, 2.24) is 29.2 Å². The molecular formula is C35H30F2N8O7S. The standard InChI is InChI=1S/C35H30F2N8O7S/c1-42(2)24-10-13-30-26(17-24)33(47)45(35(50)43(30)3)23-6-4-20(5-7-23)14-29(34(48)49)40-32(46)31-27(36)15-21(16-28(31)37)41-53(51,52)25-11-8-22(9-12-25)44-19-38-18-39-44/h4-13,15-19,29,41H,14H2,1-3H3,(H,40,46)(H,48,49)/t29-/m0/s1. The predicted molar refractivity (Wildman–Crippen MR) is 190 cm³/mol. The summed E-state index contributed by atoms with van der Waals surface area (Å²) in [5.74, 6) is -5.81. The van der Waals surface area contributed by atoms with E-state index in [1.807, 2.05) is 19.0 Å². The summed E-state index contributed by atoms with van der Waals surface area (Å²) >= 11 is 0. The first-order valence-electron chi connectivity index (χ1n) is 15.7. The SMILES string of the molecule is CN(C)c1ccc2c(c1)c(=O)n(-c1ccc(C[C@H](NC(=O)c3c(F)cc(NS(=O)(=O)c4ccc(-n5cncn5)cc4)cc3F)C(=O)O)cc1)c(=O)n2C. The van der Waals surface area contributed by atoms with E-state index < -0.39 is 62.1 Å². The molecule has 18 heteroatoms. The fourth-order valence-corrected chi connectivity index (χ4v) is 6.62. The summed E-state index contributed by atoms with van der Waals surface area (Å²) in [5, 5.41) is 16.2. The van der Waals surface area contributed by atoms with Gasteiger partial charge in [-0.25, -0.2) is 41.0 Å². The second-order valence-electron chi connectivity index (χ2n) is 12.1. The summed E-state index contributed by atoms with van der Waals surface area (Å²) in [6.07, 6.45) is 2.36. The summed E-state index contributed by atoms with van der Waals surface area (Å²) in [5.41, 5.74) is -0.567. The summed E-state index contributed by atoms with van der Waals surface area (Å²) in [7, 11) is 0.840. The number of nitrogens with one attached hydrogen (secondary N) is 2. The van der Waals surface area contributed by atoms with Crippen molar-refractivity contribution < 1.29 is 31.9 Å². The van der Waals surface area contributed by atoms with Crippen LogP contribution in [0.15, 0.2) is 106 Å². The molecule has 15 nitrogen and oxygen atoms in total. The van der Waals surface area contributed by atoms with Crippen molar-refractivity contribution in [2.45, 2.75) is 17.4 Å². The van der Waals surface area contributed by atoms with Gasteiger partial charge in [0.15, 0.2) is 0 Å². The molecule has 0 fully saturated rings. The number of amides is 1. The van der Waals surface area contributed by atoms with Gasteiger partial charge >= 0.3 is 11.7 Å². The van der Waals surface area contributed by atoms with E-state index in [0.29, 0.717) is 34.3 Å². The molecule has 1 atom stereocenters. The maximum atomic E-state index is 15.1. The highest BCUT2D eigenvalue weighted by Crippen LogP contribution is 2.23. The molecule has 0 bridgehead atoms. The number of aryl methyl sites for hydroxylation is 1. The van der Waals surface area contributed by atoms with Gasteiger partial charge in [0, 0.05) is 33.3 Å². The Morgan fingerprint density at radius 3 is 2.15 bits per heavy atom. The Balaban J connectivity index is 1.18. The summed E-state index contributed by atoms with van der Waals surface area (Å²) in [4.78, 5) is 57.1. The van der Waals surface area contributed by atoms with Crippen molar-refractivity contribution in [2.75, 3.05) is 23.7 Å². The van der Waals surface area contributed by atoms with E-state index in [4.69, 9.17) is 0 Å². The molecule has 0 aliphatic carbocycles. The van der Waals surface area contributed by atoms with Gasteiger partial charge in [-0.1, -0.05) is 12.1 Å². The van der Waals surface area contributed by atoms with E-state index in [2.05, 4.69) is 20.1 Å². The van der Waals surface area contributed by atoms with Crippen LogP contribution in [0.1, 0.15) is 15.9 Å². The van der Waals surface area contributed by atoms with Crippen LogP contribution < -0.4 is 26.2 Å². The molecule has 0 spiro atoms. The fraction of sp³-hybridized carbons (Fsp3) is 0.143. The van der Waals surface area contributed by atoms with Crippen molar-refractivity contribution in [3.63, 3.8) is 0 Å². The molecule has 6 rings (SSSR count). The van der Waals surface area contributed by atoms with Gasteiger partial charge in [-0.05, 0) is 72.3 Å². The van der Waals surface area contributed by atoms with Crippen molar-refractivity contribution in [2.24, 2.45) is 7.05 Å². The van der Waals surface area contributed by atoms with Crippen molar-refractivity contribution in [3.05, 3.63) is 135 Å². The summed E-state index contributed by atoms with van der Waals surface area (Å²) in [6.45, 7) is 0. The zero-order valence-electron chi connectivity index (χ0n) is 28.2. The number of benzene rings is 4. The molecule has 0 unspecified atom stereocenters. The van der Waals surface area contributed by atoms with Crippen LogP contribution in [0, 0.1) is 11.6 Å². The van der Waals surface area contributed by atoms with Crippen LogP contribution in [0.2, 0.25) is 0 Å². The maximum absolute atomic E-state index is 15.1. The number of carboxylic acid groups (broad SMARTS) is 1. The molecule has 0 saturated carbocycles. The van der Waals surface area contributed by atoms with Crippen LogP contribution >= 0.6 is 0 Å². The Labute approximate surface area is 299 Å². The third-order valence-corrected chi connectivity index (χ3v) is 9.76. The largest absolute Gasteiger partial charge is 0.480 e. The second kappa shape index (κ2) is 14.1. The molecule has 6 aromatic rings. The molecule has 0 radical (unpaired) electrons. The molecular weight excluding hydrogens is 714 g/mol. The first-order chi connectivity index (χ1) is 25.1. The molecule has 0 aliphatic rings. The molecule has 272 valence electrons. The van der Waals surface area contributed by atoms with E-state index in [-0.39, 0.29) is 17.0 Å². The van der Waals surface area contributed by atoms with E-state index in [1.165, 1.54) is 77.5 Å². The van der Waals surface area contributed by atoms with Gasteiger partial charge in [0.25, 0.3) is 21.5 Å². The number of halogens is 2. The van der Waals surface area contributed by atoms with Gasteiger partial charge in [0.2, 0.25) is 0 Å². The summed E-state index contributed by atoms with van der Waals surface area (Å²) < 4.78 is 61.8. The van der Waals surface area contributed by atoms with Crippen molar-refractivity contribution >= 4 is 44.2 Å². The van der Waals surface area contributed by atoms with E-state index in [1.54, 1.807) is 18.2 Å². The monoisotopic (exact) mass is 744 g/mol. The number of fused-ring (bicyclic) bond motifs is 1. The van der Waals surface area contributed by atoms with Gasteiger partial charge in [-0.15, -0.1) is 0 Å². The molecule has 2 aromatic heterocycles. The number of sulfonamides is 1. The van der Waals surface area contributed by atoms with E-state index in [0.717, 1.165) is 10.3 Å². The topological polar surface area (TPSA) is 191 Å². The van der Waals surface area contributed by atoms with Crippen LogP contribution in [-0.4, -0.2) is 69.4 Å². The molecule has 4 aromatic carbocycles. The lowest BCUT2D eigenvalue weighted by atomic mass is 10.0. The first-order valence-corrected chi connectivity index (χ1v) is 17.2. The Kier molecular flexibility index (Phi) is 9.64. The highest BCUT2D eigenvalue weighted by molar-refractivity contribution is 7.92. The normalized spacial score (nSPS) is 12.0. The lowest BCUT2D eigenvalue weighted by Gasteiger charge is -2.17. The lowest BCUT2D eigenvalue weighted by molar-refractivity contribution is -0.139. The van der Waals surface area contributed by atoms with Crippen molar-refractivity contribution in [1.29, 1.82) is 0 Å². The van der Waals surface area contributed by atoms with Gasteiger partial charge in [0.1, 0.15) is 35.9 Å². The number of carboxylic acids is 1. The lowest BCUT2D eigenvalue weighted by Crippen LogP contribution is -2.43. The number of aromatic nitrogens is 5. The Morgan fingerprint density at radius 1 is 0.925 bits per heavy atom. The fourth-order valence-electron chi connectivity index (χ4n) is 5.58. The molecule has 53 heavy (non-hydrogen) atoms. The third kappa shape index (κ3) is 7.24. The number of aliphatic carboxylic acids is 1. The number of carbonyl (C=O) groups is 2. The minimum absolute atomic E-state index is 0.205. The van der Waals surface area contributed by atoms with E-state index in [9.17, 15) is 32.7 Å². The van der Waals surface area contributed by atoms with Gasteiger partial charge in [0.05, 0.1) is 32.9 Å². The molecule has 0 aliphatic heterocycles. The molecule has 3 N–H and O–H groups in total. The van der Waals surface area contributed by atoms with Crippen LogP contribution in [0.4, 0.5) is 20.2 Å². The zero-order valence-corrected chi connectivity index (χ0v) is 29.0. The van der Waals surface area contributed by atoms with E-state index >= 15 is 8.78 Å². The quantitative estimate of drug-likeness (QED) is 0.178. The molecule has 1 amide bonds. The number of nitrogens with zero attached hydrogens (tertiary/aromatic N) is 6. The number of carbonyl (C=O) groups excluding carboxylic acids is 1. The second-order valence-corrected chi connectivity index (χ2v) is 13.7. The van der Waals surface area contributed by atoms with Gasteiger partial charge in [-0.2, -0.15) is 5.10 Å². The molecule has 0 saturated heterocycles. The van der Waals surface area contributed by atoms with Crippen LogP contribution in [-0.2, 0) is 28.3 Å². The van der Waals surface area contributed by atoms with Crippen LogP contribution in [0.3, 0.4) is 0 Å². The Bertz CT molecular complexity index is 2580. The predicted octanol–water partition coefficient (Wildman–Crippen LogP) is 2.84. The number of hydrogen-bond acceptors (Lipinski definition) is 9. The Hall–Kier alpha value is -6.69. The number of rotatable bonds is 11. The maximum Gasteiger partial charge on any atom is 0.335 e. The highest BCUT2D eigenvalue weighted by atomic mass is 32.2. The van der Waals surface area contributed by atoms with Crippen LogP contribution in [0.25, 0.3) is 22.3 Å². The zero-order chi connectivity index (χ0) is 38.2. The third-order valence-electron chi connectivity index (χ3n) is 8.36.